The molecule has 206 valence electrons. The number of hydrogen-bond donors (Lipinski definition) is 4. The molecule has 2 amide bonds. The Labute approximate surface area is 237 Å². The number of nitrogen functional groups attached to an aromatic ring is 1. The number of nitrogens with two attached hydrogens (primary N) is 1. The number of allylic oxidation sites excluding steroid dienone is 1. The van der Waals surface area contributed by atoms with Crippen molar-refractivity contribution in [1.29, 1.82) is 0 Å². The van der Waals surface area contributed by atoms with Gasteiger partial charge in [0.1, 0.15) is 18.5 Å². The number of para-hydroxylation sites is 3. The van der Waals surface area contributed by atoms with Gasteiger partial charge < -0.3 is 25.6 Å². The van der Waals surface area contributed by atoms with Gasteiger partial charge in [-0.1, -0.05) is 66.2 Å². The summed E-state index contributed by atoms with van der Waals surface area (Å²) in [4.78, 5) is 25.3. The van der Waals surface area contributed by atoms with Crippen LogP contribution in [0.5, 0.6) is 5.75 Å². The van der Waals surface area contributed by atoms with E-state index < -0.39 is 17.6 Å². The number of halogens is 1. The van der Waals surface area contributed by atoms with E-state index in [1.54, 1.807) is 48.5 Å². The van der Waals surface area contributed by atoms with E-state index >= 15 is 0 Å². The lowest BCUT2D eigenvalue weighted by Crippen LogP contribution is -2.29. The molecule has 9 heteroatoms. The van der Waals surface area contributed by atoms with Crippen molar-refractivity contribution in [3.63, 3.8) is 0 Å². The van der Waals surface area contributed by atoms with E-state index in [1.165, 1.54) is 6.08 Å². The lowest BCUT2D eigenvalue weighted by molar-refractivity contribution is -0.111. The fraction of sp³-hybridized carbons (Fsp3) is 0.267. The van der Waals surface area contributed by atoms with Crippen LogP contribution in [0.1, 0.15) is 38.4 Å². The van der Waals surface area contributed by atoms with Crippen LogP contribution in [0, 0.1) is 5.41 Å². The Kier molecular flexibility index (Phi) is 11.0. The lowest BCUT2D eigenvalue weighted by Gasteiger charge is -2.35. The molecular weight excluding hydrogens is 562 g/mol. The van der Waals surface area contributed by atoms with Crippen molar-refractivity contribution < 1.29 is 24.2 Å². The normalized spacial score (nSPS) is 12.1. The summed E-state index contributed by atoms with van der Waals surface area (Å²) in [6.07, 6.45) is 3.10. The zero-order valence-electron chi connectivity index (χ0n) is 22.0. The molecule has 3 aromatic rings. The Morgan fingerprint density at radius 3 is 2.44 bits per heavy atom. The van der Waals surface area contributed by atoms with Crippen molar-refractivity contribution >= 4 is 45.0 Å². The van der Waals surface area contributed by atoms with Crippen LogP contribution < -0.4 is 21.1 Å². The first-order valence-electron chi connectivity index (χ1n) is 12.6. The quantitative estimate of drug-likeness (QED) is 0.136. The largest absolute Gasteiger partial charge is 0.491 e. The summed E-state index contributed by atoms with van der Waals surface area (Å²) >= 11 is 3.38. The van der Waals surface area contributed by atoms with Crippen molar-refractivity contribution in [3.05, 3.63) is 95.0 Å². The molecule has 3 rings (SSSR count). The van der Waals surface area contributed by atoms with Crippen molar-refractivity contribution in [2.45, 2.75) is 32.8 Å². The maximum Gasteiger partial charge on any atom is 0.412 e. The first kappa shape index (κ1) is 29.7. The fourth-order valence-electron chi connectivity index (χ4n) is 3.98. The van der Waals surface area contributed by atoms with Gasteiger partial charge in [0.2, 0.25) is 5.91 Å². The molecule has 0 aliphatic heterocycles. The van der Waals surface area contributed by atoms with E-state index in [-0.39, 0.29) is 19.1 Å². The molecule has 1 atom stereocenters. The second-order valence-electron chi connectivity index (χ2n) is 9.53. The maximum atomic E-state index is 13.0. The monoisotopic (exact) mass is 595 g/mol. The summed E-state index contributed by atoms with van der Waals surface area (Å²) in [5, 5.41) is 14.8. The zero-order chi connectivity index (χ0) is 28.3. The highest BCUT2D eigenvalue weighted by Gasteiger charge is 2.35. The molecule has 0 unspecified atom stereocenters. The molecule has 0 aliphatic carbocycles. The third kappa shape index (κ3) is 9.15. The summed E-state index contributed by atoms with van der Waals surface area (Å²) in [6, 6.07) is 21.5. The smallest absolute Gasteiger partial charge is 0.412 e. The average Bonchev–Trinajstić information content (AvgIpc) is 2.91. The van der Waals surface area contributed by atoms with E-state index in [9.17, 15) is 14.7 Å². The van der Waals surface area contributed by atoms with Gasteiger partial charge in [0.05, 0.1) is 18.0 Å². The van der Waals surface area contributed by atoms with Crippen LogP contribution in [0.3, 0.4) is 0 Å². The number of benzene rings is 3. The van der Waals surface area contributed by atoms with Crippen molar-refractivity contribution in [2.24, 2.45) is 5.41 Å². The minimum Gasteiger partial charge on any atom is -0.491 e. The van der Waals surface area contributed by atoms with Crippen LogP contribution in [0.15, 0.2) is 89.4 Å². The molecule has 39 heavy (non-hydrogen) atoms. The summed E-state index contributed by atoms with van der Waals surface area (Å²) in [6.45, 7) is 3.95. The second kappa shape index (κ2) is 14.4. The molecular formula is C30H34BrN3O5. The minimum atomic E-state index is -0.686. The van der Waals surface area contributed by atoms with Gasteiger partial charge in [0.15, 0.2) is 0 Å². The van der Waals surface area contributed by atoms with Crippen LogP contribution in [-0.2, 0) is 9.53 Å². The van der Waals surface area contributed by atoms with E-state index in [2.05, 4.69) is 26.6 Å². The van der Waals surface area contributed by atoms with Crippen molar-refractivity contribution in [2.75, 3.05) is 29.6 Å². The standard InChI is InChI=1S/C30H34BrN3O5/c1-30(2,18-8-7-13-27(36)34-25-11-5-4-10-24(25)32)28(23-9-3-6-12-26(23)38-20-19-35)39-29(37)33-22-16-14-21(31)15-17-22/h3-7,9-17,28,35H,8,18-20,32H2,1-2H3,(H,33,37)(H,34,36)/b13-7+/t28-/m0/s1. The number of anilines is 3. The summed E-state index contributed by atoms with van der Waals surface area (Å²) in [5.74, 6) is 0.242. The molecule has 0 spiro atoms. The third-order valence-electron chi connectivity index (χ3n) is 6.02. The highest BCUT2D eigenvalue weighted by Crippen LogP contribution is 2.44. The Bertz CT molecular complexity index is 1280. The molecule has 8 nitrogen and oxygen atoms in total. The Morgan fingerprint density at radius 1 is 1.03 bits per heavy atom. The lowest BCUT2D eigenvalue weighted by atomic mass is 9.78. The Hall–Kier alpha value is -3.82. The van der Waals surface area contributed by atoms with Gasteiger partial charge in [-0.3, -0.25) is 10.1 Å². The predicted octanol–water partition coefficient (Wildman–Crippen LogP) is 6.69. The van der Waals surface area contributed by atoms with Crippen LogP contribution in [0.4, 0.5) is 21.9 Å². The van der Waals surface area contributed by atoms with E-state index in [0.29, 0.717) is 41.2 Å². The predicted molar refractivity (Wildman–Crippen MR) is 158 cm³/mol. The number of carbonyl (C=O) groups excluding carboxylic acids is 2. The SMILES string of the molecule is CC(C)(CC/C=C/C(=O)Nc1ccccc1N)[C@@H](OC(=O)Nc1ccc(Br)cc1)c1ccccc1OCCO. The molecule has 0 bridgehead atoms. The first-order chi connectivity index (χ1) is 18.7. The van der Waals surface area contributed by atoms with Gasteiger partial charge in [-0.05, 0) is 61.4 Å². The van der Waals surface area contributed by atoms with Gasteiger partial charge >= 0.3 is 6.09 Å². The van der Waals surface area contributed by atoms with Crippen LogP contribution in [-0.4, -0.2) is 30.3 Å². The molecule has 0 heterocycles. The molecule has 5 N–H and O–H groups in total. The highest BCUT2D eigenvalue weighted by molar-refractivity contribution is 9.10. The van der Waals surface area contributed by atoms with Gasteiger partial charge in [-0.25, -0.2) is 4.79 Å². The number of nitrogens with one attached hydrogen (secondary N) is 2. The summed E-state index contributed by atoms with van der Waals surface area (Å²) in [5.41, 5.74) is 7.66. The Morgan fingerprint density at radius 2 is 1.72 bits per heavy atom. The second-order valence-corrected chi connectivity index (χ2v) is 10.4. The van der Waals surface area contributed by atoms with E-state index in [4.69, 9.17) is 15.2 Å². The van der Waals surface area contributed by atoms with Crippen LogP contribution in [0.25, 0.3) is 0 Å². The molecule has 0 fully saturated rings. The van der Waals surface area contributed by atoms with Gasteiger partial charge in [0, 0.05) is 21.1 Å². The molecule has 0 radical (unpaired) electrons. The van der Waals surface area contributed by atoms with Crippen LogP contribution >= 0.6 is 15.9 Å². The number of hydrogen-bond acceptors (Lipinski definition) is 6. The number of aliphatic hydroxyl groups is 1. The van der Waals surface area contributed by atoms with E-state index in [0.717, 1.165) is 4.47 Å². The molecule has 0 saturated carbocycles. The number of rotatable bonds is 12. The van der Waals surface area contributed by atoms with Gasteiger partial charge in [0.25, 0.3) is 0 Å². The topological polar surface area (TPSA) is 123 Å². The summed E-state index contributed by atoms with van der Waals surface area (Å²) in [7, 11) is 0. The van der Waals surface area contributed by atoms with Gasteiger partial charge in [-0.2, -0.15) is 0 Å². The highest BCUT2D eigenvalue weighted by atomic mass is 79.9. The molecule has 3 aromatic carbocycles. The van der Waals surface area contributed by atoms with E-state index in [1.807, 2.05) is 44.2 Å². The minimum absolute atomic E-state index is 0.110. The first-order valence-corrected chi connectivity index (χ1v) is 13.4. The van der Waals surface area contributed by atoms with Crippen LogP contribution in [0.2, 0.25) is 0 Å². The maximum absolute atomic E-state index is 13.0. The zero-order valence-corrected chi connectivity index (χ0v) is 23.6. The Balaban J connectivity index is 1.74. The average molecular weight is 597 g/mol. The number of amides is 2. The summed E-state index contributed by atoms with van der Waals surface area (Å²) < 4.78 is 12.7. The van der Waals surface area contributed by atoms with Crippen molar-refractivity contribution in [3.8, 4) is 5.75 Å². The molecule has 0 aliphatic rings. The van der Waals surface area contributed by atoms with Gasteiger partial charge in [-0.15, -0.1) is 0 Å². The number of ether oxygens (including phenoxy) is 2. The number of carbonyl (C=O) groups is 2. The third-order valence-corrected chi connectivity index (χ3v) is 6.55. The molecule has 0 saturated heterocycles. The molecule has 0 aromatic heterocycles. The number of aliphatic hydroxyl groups excluding tert-OH is 1. The van der Waals surface area contributed by atoms with Crippen molar-refractivity contribution in [1.82, 2.24) is 0 Å². The fourth-order valence-corrected chi connectivity index (χ4v) is 4.24.